The molecule has 0 saturated carbocycles. The monoisotopic (exact) mass is 291 g/mol. The third kappa shape index (κ3) is 2.29. The lowest BCUT2D eigenvalue weighted by atomic mass is 9.81. The van der Waals surface area contributed by atoms with E-state index in [0.29, 0.717) is 5.92 Å². The normalized spacial score (nSPS) is 27.8. The summed E-state index contributed by atoms with van der Waals surface area (Å²) in [7, 11) is -1.00. The van der Waals surface area contributed by atoms with Crippen LogP contribution >= 0.6 is 11.3 Å². The molecule has 19 heavy (non-hydrogen) atoms. The molecule has 1 aliphatic rings. The fourth-order valence-corrected chi connectivity index (χ4v) is 5.59. The highest BCUT2D eigenvalue weighted by molar-refractivity contribution is 7.88. The Morgan fingerprint density at radius 2 is 1.95 bits per heavy atom. The molecular weight excluding hydrogens is 274 g/mol. The van der Waals surface area contributed by atoms with E-state index in [2.05, 4.69) is 25.1 Å². The van der Waals surface area contributed by atoms with E-state index in [1.165, 1.54) is 5.56 Å². The first-order chi connectivity index (χ1) is 9.18. The third-order valence-electron chi connectivity index (χ3n) is 3.84. The Labute approximate surface area is 120 Å². The Morgan fingerprint density at radius 1 is 1.21 bits per heavy atom. The second-order valence-electron chi connectivity index (χ2n) is 5.06. The van der Waals surface area contributed by atoms with E-state index in [-0.39, 0.29) is 11.3 Å². The fourth-order valence-electron chi connectivity index (χ4n) is 2.83. The molecule has 0 amide bonds. The zero-order valence-corrected chi connectivity index (χ0v) is 12.4. The van der Waals surface area contributed by atoms with E-state index < -0.39 is 10.8 Å². The standard InChI is InChI=1S/C15H17NOS2/c1-10-9-13(19(17)14-7-4-8-18-14)15(16)12-6-3-2-5-11(10)12/h2-8,10,13,15H,9,16H2,1H3. The van der Waals surface area contributed by atoms with Gasteiger partial charge in [0.25, 0.3) is 0 Å². The van der Waals surface area contributed by atoms with Crippen molar-refractivity contribution >= 4 is 22.1 Å². The van der Waals surface area contributed by atoms with E-state index in [0.717, 1.165) is 16.2 Å². The molecule has 0 aliphatic heterocycles. The first-order valence-corrected chi connectivity index (χ1v) is 8.56. The zero-order valence-electron chi connectivity index (χ0n) is 10.8. The first-order valence-electron chi connectivity index (χ1n) is 6.47. The van der Waals surface area contributed by atoms with Crippen molar-refractivity contribution in [2.75, 3.05) is 0 Å². The summed E-state index contributed by atoms with van der Waals surface area (Å²) in [6.07, 6.45) is 0.892. The topological polar surface area (TPSA) is 43.1 Å². The second kappa shape index (κ2) is 5.19. The smallest absolute Gasteiger partial charge is 0.0914 e. The van der Waals surface area contributed by atoms with Crippen LogP contribution in [-0.4, -0.2) is 9.46 Å². The van der Waals surface area contributed by atoms with Crippen molar-refractivity contribution < 1.29 is 4.21 Å². The number of hydrogen-bond acceptors (Lipinski definition) is 3. The van der Waals surface area contributed by atoms with Gasteiger partial charge in [-0.15, -0.1) is 11.3 Å². The van der Waals surface area contributed by atoms with Crippen LogP contribution in [-0.2, 0) is 10.8 Å². The molecular formula is C15H17NOS2. The Hall–Kier alpha value is -0.970. The number of thiophene rings is 1. The minimum absolute atomic E-state index is 0.0172. The van der Waals surface area contributed by atoms with Gasteiger partial charge in [-0.2, -0.15) is 0 Å². The summed E-state index contributed by atoms with van der Waals surface area (Å²) in [4.78, 5) is 0. The zero-order chi connectivity index (χ0) is 13.4. The molecule has 0 spiro atoms. The van der Waals surface area contributed by atoms with Gasteiger partial charge in [-0.3, -0.25) is 4.21 Å². The molecule has 1 aromatic heterocycles. The average Bonchev–Trinajstić information content (AvgIpc) is 2.96. The van der Waals surface area contributed by atoms with Gasteiger partial charge in [0, 0.05) is 6.04 Å². The number of nitrogens with two attached hydrogens (primary N) is 1. The molecule has 4 heteroatoms. The van der Waals surface area contributed by atoms with Crippen molar-refractivity contribution in [1.82, 2.24) is 0 Å². The second-order valence-corrected chi connectivity index (χ2v) is 7.91. The molecule has 1 heterocycles. The van der Waals surface area contributed by atoms with E-state index in [1.807, 2.05) is 23.6 Å². The number of benzene rings is 1. The van der Waals surface area contributed by atoms with E-state index in [1.54, 1.807) is 11.3 Å². The summed E-state index contributed by atoms with van der Waals surface area (Å²) in [6, 6.07) is 12.1. The van der Waals surface area contributed by atoms with Crippen LogP contribution in [0.2, 0.25) is 0 Å². The molecule has 0 saturated heterocycles. The summed E-state index contributed by atoms with van der Waals surface area (Å²) in [6.45, 7) is 2.20. The van der Waals surface area contributed by atoms with E-state index in [9.17, 15) is 4.21 Å². The van der Waals surface area contributed by atoms with Gasteiger partial charge in [0.2, 0.25) is 0 Å². The van der Waals surface area contributed by atoms with Crippen LogP contribution in [0.15, 0.2) is 46.0 Å². The van der Waals surface area contributed by atoms with Crippen LogP contribution in [0.3, 0.4) is 0 Å². The van der Waals surface area contributed by atoms with Crippen LogP contribution in [0.4, 0.5) is 0 Å². The highest BCUT2D eigenvalue weighted by atomic mass is 32.2. The predicted octanol–water partition coefficient (Wildman–Crippen LogP) is 3.43. The van der Waals surface area contributed by atoms with Crippen LogP contribution < -0.4 is 5.73 Å². The lowest BCUT2D eigenvalue weighted by molar-refractivity contribution is 0.514. The summed E-state index contributed by atoms with van der Waals surface area (Å²) in [5.41, 5.74) is 8.85. The average molecular weight is 291 g/mol. The lowest BCUT2D eigenvalue weighted by Crippen LogP contribution is -2.35. The predicted molar refractivity (Wildman–Crippen MR) is 80.9 cm³/mol. The number of hydrogen-bond donors (Lipinski definition) is 1. The van der Waals surface area contributed by atoms with Gasteiger partial charge in [0.15, 0.2) is 0 Å². The molecule has 3 rings (SSSR count). The Bertz CT molecular complexity index is 594. The fraction of sp³-hybridized carbons (Fsp3) is 0.333. The summed E-state index contributed by atoms with van der Waals surface area (Å²) >= 11 is 1.55. The Balaban J connectivity index is 1.96. The van der Waals surface area contributed by atoms with E-state index >= 15 is 0 Å². The van der Waals surface area contributed by atoms with Crippen molar-refractivity contribution in [2.45, 2.75) is 34.8 Å². The van der Waals surface area contributed by atoms with Crippen LogP contribution in [0.1, 0.15) is 36.4 Å². The molecule has 1 aliphatic carbocycles. The maximum absolute atomic E-state index is 12.7. The van der Waals surface area contributed by atoms with Crippen molar-refractivity contribution in [2.24, 2.45) is 5.73 Å². The number of fused-ring (bicyclic) bond motifs is 1. The molecule has 4 unspecified atom stereocenters. The molecule has 2 nitrogen and oxygen atoms in total. The molecule has 0 radical (unpaired) electrons. The van der Waals surface area contributed by atoms with Crippen LogP contribution in [0.5, 0.6) is 0 Å². The van der Waals surface area contributed by atoms with Gasteiger partial charge in [-0.1, -0.05) is 37.3 Å². The van der Waals surface area contributed by atoms with Gasteiger partial charge in [0.05, 0.1) is 20.3 Å². The molecule has 100 valence electrons. The van der Waals surface area contributed by atoms with Gasteiger partial charge in [-0.05, 0) is 34.9 Å². The minimum atomic E-state index is -1.00. The van der Waals surface area contributed by atoms with Crippen LogP contribution in [0.25, 0.3) is 0 Å². The molecule has 0 bridgehead atoms. The molecule has 4 atom stereocenters. The Kier molecular flexibility index (Phi) is 3.56. The van der Waals surface area contributed by atoms with Crippen LogP contribution in [0, 0.1) is 0 Å². The van der Waals surface area contributed by atoms with Crippen molar-refractivity contribution in [1.29, 1.82) is 0 Å². The molecule has 0 fully saturated rings. The summed E-state index contributed by atoms with van der Waals surface area (Å²) in [5.74, 6) is 0.421. The highest BCUT2D eigenvalue weighted by Crippen LogP contribution is 2.40. The van der Waals surface area contributed by atoms with Crippen molar-refractivity contribution in [3.8, 4) is 0 Å². The largest absolute Gasteiger partial charge is 0.323 e. The highest BCUT2D eigenvalue weighted by Gasteiger charge is 2.35. The van der Waals surface area contributed by atoms with Gasteiger partial charge in [-0.25, -0.2) is 0 Å². The van der Waals surface area contributed by atoms with E-state index in [4.69, 9.17) is 5.73 Å². The molecule has 2 N–H and O–H groups in total. The lowest BCUT2D eigenvalue weighted by Gasteiger charge is -2.34. The number of rotatable bonds is 2. The van der Waals surface area contributed by atoms with Crippen molar-refractivity contribution in [3.63, 3.8) is 0 Å². The third-order valence-corrected chi connectivity index (χ3v) is 6.85. The summed E-state index contributed by atoms with van der Waals surface area (Å²) < 4.78 is 13.6. The minimum Gasteiger partial charge on any atom is -0.323 e. The summed E-state index contributed by atoms with van der Waals surface area (Å²) in [5, 5.41) is 1.99. The van der Waals surface area contributed by atoms with Gasteiger partial charge >= 0.3 is 0 Å². The maximum Gasteiger partial charge on any atom is 0.0914 e. The Morgan fingerprint density at radius 3 is 2.63 bits per heavy atom. The first kappa shape index (κ1) is 13.0. The van der Waals surface area contributed by atoms with Gasteiger partial charge < -0.3 is 5.73 Å². The maximum atomic E-state index is 12.7. The van der Waals surface area contributed by atoms with Gasteiger partial charge in [0.1, 0.15) is 0 Å². The van der Waals surface area contributed by atoms with Crippen molar-refractivity contribution in [3.05, 3.63) is 52.9 Å². The molecule has 1 aromatic carbocycles. The SMILES string of the molecule is CC1CC(S(=O)c2cccs2)C(N)c2ccccc21. The molecule has 2 aromatic rings. The quantitative estimate of drug-likeness (QED) is 0.921.